The zero-order valence-electron chi connectivity index (χ0n) is 12.3. The van der Waals surface area contributed by atoms with Crippen LogP contribution in [0.1, 0.15) is 33.6 Å². The van der Waals surface area contributed by atoms with Gasteiger partial charge >= 0.3 is 11.9 Å². The quantitative estimate of drug-likeness (QED) is 0.321. The minimum Gasteiger partial charge on any atom is -0.468 e. The van der Waals surface area contributed by atoms with Crippen molar-refractivity contribution in [3.8, 4) is 0 Å². The average molecular weight is 266 g/mol. The maximum Gasteiger partial charge on any atom is 0.323 e. The van der Waals surface area contributed by atoms with Gasteiger partial charge in [-0.3, -0.25) is 9.59 Å². The van der Waals surface area contributed by atoms with Gasteiger partial charge < -0.3 is 9.47 Å². The lowest BCUT2D eigenvalue weighted by Gasteiger charge is -2.26. The van der Waals surface area contributed by atoms with Crippen molar-refractivity contribution in [2.75, 3.05) is 14.2 Å². The van der Waals surface area contributed by atoms with Gasteiger partial charge in [-0.05, 0) is 45.3 Å². The van der Waals surface area contributed by atoms with E-state index in [1.54, 1.807) is 13.0 Å². The standard InChI is InChI=1S/C15H22O4/c1-11(2)8-7-9-15(10-12(3)4,13(16)18-5)14(17)19-6/h7H,3,9-10H2,1-2,4-6H3. The maximum absolute atomic E-state index is 12.0. The Morgan fingerprint density at radius 3 is 1.95 bits per heavy atom. The summed E-state index contributed by atoms with van der Waals surface area (Å²) in [7, 11) is 2.51. The first kappa shape index (κ1) is 17.2. The lowest BCUT2D eigenvalue weighted by Crippen LogP contribution is -2.41. The summed E-state index contributed by atoms with van der Waals surface area (Å²) in [5.41, 5.74) is 3.27. The van der Waals surface area contributed by atoms with E-state index in [1.807, 2.05) is 13.8 Å². The van der Waals surface area contributed by atoms with Gasteiger partial charge in [0.15, 0.2) is 5.41 Å². The molecule has 0 fully saturated rings. The third kappa shape index (κ3) is 4.76. The van der Waals surface area contributed by atoms with Crippen LogP contribution in [0.25, 0.3) is 0 Å². The summed E-state index contributed by atoms with van der Waals surface area (Å²) in [5, 5.41) is 0. The predicted octanol–water partition coefficient (Wildman–Crippen LogP) is 2.80. The summed E-state index contributed by atoms with van der Waals surface area (Å²) >= 11 is 0. The summed E-state index contributed by atoms with van der Waals surface area (Å²) in [6.07, 6.45) is 2.02. The van der Waals surface area contributed by atoms with E-state index in [2.05, 4.69) is 12.3 Å². The van der Waals surface area contributed by atoms with Gasteiger partial charge in [-0.2, -0.15) is 0 Å². The number of ether oxygens (including phenoxy) is 2. The van der Waals surface area contributed by atoms with Gasteiger partial charge in [-0.1, -0.05) is 5.57 Å². The normalized spacial score (nSPS) is 10.2. The minimum atomic E-state index is -1.38. The van der Waals surface area contributed by atoms with Crippen molar-refractivity contribution in [3.05, 3.63) is 29.5 Å². The second kappa shape index (κ2) is 7.59. The number of carbonyl (C=O) groups is 2. The molecule has 0 heterocycles. The first-order chi connectivity index (χ1) is 8.80. The van der Waals surface area contributed by atoms with E-state index in [0.29, 0.717) is 5.57 Å². The molecule has 0 aromatic carbocycles. The molecule has 0 spiro atoms. The second-order valence-electron chi connectivity index (χ2n) is 4.75. The fourth-order valence-electron chi connectivity index (χ4n) is 1.80. The minimum absolute atomic E-state index is 0.171. The van der Waals surface area contributed by atoms with Crippen molar-refractivity contribution in [2.45, 2.75) is 33.6 Å². The zero-order chi connectivity index (χ0) is 15.1. The van der Waals surface area contributed by atoms with Crippen LogP contribution in [-0.2, 0) is 19.1 Å². The molecular formula is C15H22O4. The Hall–Kier alpha value is -1.80. The number of hydrogen-bond donors (Lipinski definition) is 0. The summed E-state index contributed by atoms with van der Waals surface area (Å²) < 4.78 is 9.52. The van der Waals surface area contributed by atoms with Gasteiger partial charge in [0, 0.05) is 0 Å². The average Bonchev–Trinajstić information content (AvgIpc) is 2.34. The van der Waals surface area contributed by atoms with E-state index < -0.39 is 17.4 Å². The molecular weight excluding hydrogens is 244 g/mol. The van der Waals surface area contributed by atoms with Crippen molar-refractivity contribution < 1.29 is 19.1 Å². The largest absolute Gasteiger partial charge is 0.468 e. The van der Waals surface area contributed by atoms with Crippen LogP contribution in [0.15, 0.2) is 29.5 Å². The summed E-state index contributed by atoms with van der Waals surface area (Å²) in [5.74, 6) is -1.23. The Kier molecular flexibility index (Phi) is 6.87. The van der Waals surface area contributed by atoms with Crippen LogP contribution in [-0.4, -0.2) is 26.2 Å². The van der Waals surface area contributed by atoms with Crippen LogP contribution >= 0.6 is 0 Å². The first-order valence-electron chi connectivity index (χ1n) is 5.99. The monoisotopic (exact) mass is 266 g/mol. The van der Waals surface area contributed by atoms with Crippen molar-refractivity contribution in [1.29, 1.82) is 0 Å². The SMILES string of the molecule is C=C(C)CC(CC=C=C(C)C)(C(=O)OC)C(=O)OC. The third-order valence-corrected chi connectivity index (χ3v) is 2.60. The first-order valence-corrected chi connectivity index (χ1v) is 5.99. The molecule has 0 N–H and O–H groups in total. The molecule has 0 saturated carbocycles. The lowest BCUT2D eigenvalue weighted by atomic mass is 9.79. The van der Waals surface area contributed by atoms with E-state index >= 15 is 0 Å². The van der Waals surface area contributed by atoms with Crippen LogP contribution in [0, 0.1) is 5.41 Å². The molecule has 106 valence electrons. The van der Waals surface area contributed by atoms with Gasteiger partial charge in [-0.15, -0.1) is 12.3 Å². The highest BCUT2D eigenvalue weighted by Gasteiger charge is 2.47. The van der Waals surface area contributed by atoms with Crippen LogP contribution < -0.4 is 0 Å². The molecule has 0 atom stereocenters. The highest BCUT2D eigenvalue weighted by Crippen LogP contribution is 2.33. The summed E-state index contributed by atoms with van der Waals surface area (Å²) in [6.45, 7) is 9.28. The number of carbonyl (C=O) groups excluding carboxylic acids is 2. The topological polar surface area (TPSA) is 52.6 Å². The van der Waals surface area contributed by atoms with Gasteiger partial charge in [0.05, 0.1) is 14.2 Å². The highest BCUT2D eigenvalue weighted by molar-refractivity contribution is 6.00. The highest BCUT2D eigenvalue weighted by atomic mass is 16.5. The van der Waals surface area contributed by atoms with E-state index in [4.69, 9.17) is 9.47 Å². The Bertz CT molecular complexity index is 405. The predicted molar refractivity (Wildman–Crippen MR) is 73.5 cm³/mol. The van der Waals surface area contributed by atoms with Crippen LogP contribution in [0.3, 0.4) is 0 Å². The molecule has 0 aliphatic heterocycles. The third-order valence-electron chi connectivity index (χ3n) is 2.60. The van der Waals surface area contributed by atoms with Gasteiger partial charge in [0.1, 0.15) is 0 Å². The van der Waals surface area contributed by atoms with Crippen molar-refractivity contribution in [3.63, 3.8) is 0 Å². The molecule has 4 heteroatoms. The molecule has 0 bridgehead atoms. The molecule has 0 aliphatic rings. The van der Waals surface area contributed by atoms with Crippen LogP contribution in [0.4, 0.5) is 0 Å². The molecule has 0 rings (SSSR count). The Balaban J connectivity index is 5.61. The number of methoxy groups -OCH3 is 2. The molecule has 0 aliphatic carbocycles. The second-order valence-corrected chi connectivity index (χ2v) is 4.75. The molecule has 0 amide bonds. The molecule has 0 radical (unpaired) electrons. The van der Waals surface area contributed by atoms with Crippen LogP contribution in [0.2, 0.25) is 0 Å². The molecule has 0 aromatic rings. The fourth-order valence-corrected chi connectivity index (χ4v) is 1.80. The molecule has 0 aromatic heterocycles. The van der Waals surface area contributed by atoms with Crippen molar-refractivity contribution in [1.82, 2.24) is 0 Å². The van der Waals surface area contributed by atoms with E-state index in [0.717, 1.165) is 5.57 Å². The summed E-state index contributed by atoms with van der Waals surface area (Å²) in [6, 6.07) is 0. The molecule has 19 heavy (non-hydrogen) atoms. The van der Waals surface area contributed by atoms with E-state index in [-0.39, 0.29) is 12.8 Å². The van der Waals surface area contributed by atoms with Crippen molar-refractivity contribution >= 4 is 11.9 Å². The molecule has 0 unspecified atom stereocenters. The van der Waals surface area contributed by atoms with E-state index in [1.165, 1.54) is 14.2 Å². The number of rotatable bonds is 6. The fraction of sp³-hybridized carbons (Fsp3) is 0.533. The summed E-state index contributed by atoms with van der Waals surface area (Å²) in [4.78, 5) is 24.1. The smallest absolute Gasteiger partial charge is 0.323 e. The maximum atomic E-state index is 12.0. The Morgan fingerprint density at radius 1 is 1.16 bits per heavy atom. The van der Waals surface area contributed by atoms with Crippen LogP contribution in [0.5, 0.6) is 0 Å². The van der Waals surface area contributed by atoms with Gasteiger partial charge in [0.25, 0.3) is 0 Å². The lowest BCUT2D eigenvalue weighted by molar-refractivity contribution is -0.168. The zero-order valence-corrected chi connectivity index (χ0v) is 12.3. The number of hydrogen-bond acceptors (Lipinski definition) is 4. The molecule has 4 nitrogen and oxygen atoms in total. The number of allylic oxidation sites excluding steroid dienone is 2. The Labute approximate surface area is 114 Å². The van der Waals surface area contributed by atoms with Crippen molar-refractivity contribution in [2.24, 2.45) is 5.41 Å². The Morgan fingerprint density at radius 2 is 1.63 bits per heavy atom. The molecule has 0 saturated heterocycles. The van der Waals surface area contributed by atoms with E-state index in [9.17, 15) is 9.59 Å². The van der Waals surface area contributed by atoms with Gasteiger partial charge in [0.2, 0.25) is 0 Å². The number of esters is 2. The van der Waals surface area contributed by atoms with Gasteiger partial charge in [-0.25, -0.2) is 0 Å².